The normalized spacial score (nSPS) is 26.5. The predicted molar refractivity (Wildman–Crippen MR) is 180 cm³/mol. The minimum Gasteiger partial charge on any atom is -0.481 e. The number of rotatable bonds is 15. The Morgan fingerprint density at radius 2 is 1.81 bits per heavy atom. The van der Waals surface area contributed by atoms with E-state index in [1.54, 1.807) is 0 Å². The summed E-state index contributed by atoms with van der Waals surface area (Å²) in [5, 5.41) is 9.63. The van der Waals surface area contributed by atoms with Crippen molar-refractivity contribution in [1.29, 1.82) is 0 Å². The standard InChI is InChI=1S/C35H59BrO6Si/c1-25(2)32-17-12-26(3)24-35(32)40-21-19-30(41-35)22-29(11-9-10-27-13-15-28(36)16-14-27)39-20-18-31(23-33(37)38)42-43(7,8)34(4,5)6/h13-16,25-26,29-32H,9-12,17-24H2,1-8H3,(H,37,38)/t26-,29+,30+,31-,32+,35+/m1/s1. The van der Waals surface area contributed by atoms with Crippen molar-refractivity contribution in [2.75, 3.05) is 13.2 Å². The fourth-order valence-corrected chi connectivity index (χ4v) is 8.23. The van der Waals surface area contributed by atoms with Crippen molar-refractivity contribution < 1.29 is 28.5 Å². The minimum atomic E-state index is -2.11. The molecular formula is C35H59BrO6Si. The molecule has 1 aliphatic carbocycles. The summed E-state index contributed by atoms with van der Waals surface area (Å²) in [4.78, 5) is 11.7. The Labute approximate surface area is 271 Å². The first-order valence-electron chi connectivity index (χ1n) is 16.7. The van der Waals surface area contributed by atoms with Crippen LogP contribution in [0, 0.1) is 17.8 Å². The number of carboxylic acids is 1. The van der Waals surface area contributed by atoms with E-state index in [2.05, 4.69) is 94.8 Å². The van der Waals surface area contributed by atoms with E-state index in [0.29, 0.717) is 30.8 Å². The average molecular weight is 684 g/mol. The number of benzene rings is 1. The van der Waals surface area contributed by atoms with E-state index in [9.17, 15) is 9.90 Å². The van der Waals surface area contributed by atoms with Crippen molar-refractivity contribution in [1.82, 2.24) is 0 Å². The Morgan fingerprint density at radius 3 is 2.44 bits per heavy atom. The number of aryl methyl sites for hydroxylation is 1. The molecular weight excluding hydrogens is 624 g/mol. The molecule has 246 valence electrons. The number of carbonyl (C=O) groups is 1. The summed E-state index contributed by atoms with van der Waals surface area (Å²) in [6, 6.07) is 8.55. The molecule has 3 rings (SSSR count). The second-order valence-electron chi connectivity index (χ2n) is 15.1. The third kappa shape index (κ3) is 11.2. The van der Waals surface area contributed by atoms with E-state index in [1.165, 1.54) is 12.0 Å². The van der Waals surface area contributed by atoms with E-state index in [1.807, 2.05) is 0 Å². The van der Waals surface area contributed by atoms with Crippen LogP contribution in [-0.2, 0) is 29.9 Å². The first-order valence-corrected chi connectivity index (χ1v) is 20.4. The zero-order valence-corrected chi connectivity index (χ0v) is 30.7. The first kappa shape index (κ1) is 36.7. The van der Waals surface area contributed by atoms with Crippen molar-refractivity contribution in [2.45, 2.75) is 148 Å². The van der Waals surface area contributed by atoms with Crippen molar-refractivity contribution in [3.63, 3.8) is 0 Å². The van der Waals surface area contributed by atoms with Gasteiger partial charge < -0.3 is 23.7 Å². The van der Waals surface area contributed by atoms with Crippen molar-refractivity contribution >= 4 is 30.2 Å². The van der Waals surface area contributed by atoms with Crippen molar-refractivity contribution in [3.05, 3.63) is 34.3 Å². The monoisotopic (exact) mass is 682 g/mol. The minimum absolute atomic E-state index is 0.00444. The van der Waals surface area contributed by atoms with Gasteiger partial charge in [-0.1, -0.05) is 76.0 Å². The van der Waals surface area contributed by atoms with E-state index in [4.69, 9.17) is 18.6 Å². The molecule has 0 unspecified atom stereocenters. The molecule has 1 heterocycles. The zero-order chi connectivity index (χ0) is 31.8. The number of hydrogen-bond donors (Lipinski definition) is 1. The van der Waals surface area contributed by atoms with Crippen LogP contribution in [0.1, 0.15) is 105 Å². The van der Waals surface area contributed by atoms with Gasteiger partial charge in [0.25, 0.3) is 0 Å². The summed E-state index contributed by atoms with van der Waals surface area (Å²) in [5.41, 5.74) is 1.32. The van der Waals surface area contributed by atoms with Crippen LogP contribution in [0.15, 0.2) is 28.7 Å². The highest BCUT2D eigenvalue weighted by atomic mass is 79.9. The van der Waals surface area contributed by atoms with Gasteiger partial charge in [-0.2, -0.15) is 0 Å². The van der Waals surface area contributed by atoms with Crippen LogP contribution in [0.5, 0.6) is 0 Å². The van der Waals surface area contributed by atoms with Crippen LogP contribution < -0.4 is 0 Å². The number of ether oxygens (including phenoxy) is 3. The van der Waals surface area contributed by atoms with E-state index >= 15 is 0 Å². The third-order valence-electron chi connectivity index (χ3n) is 10.0. The van der Waals surface area contributed by atoms with Crippen molar-refractivity contribution in [3.8, 4) is 0 Å². The summed E-state index contributed by atoms with van der Waals surface area (Å²) < 4.78 is 27.7. The lowest BCUT2D eigenvalue weighted by Crippen LogP contribution is -2.55. The van der Waals surface area contributed by atoms with Gasteiger partial charge in [-0.25, -0.2) is 0 Å². The van der Waals surface area contributed by atoms with Gasteiger partial charge in [-0.15, -0.1) is 0 Å². The highest BCUT2D eigenvalue weighted by Crippen LogP contribution is 2.47. The molecule has 2 aliphatic rings. The lowest BCUT2D eigenvalue weighted by Gasteiger charge is -2.51. The summed E-state index contributed by atoms with van der Waals surface area (Å²) >= 11 is 3.53. The van der Waals surface area contributed by atoms with Crippen LogP contribution in [0.3, 0.4) is 0 Å². The second kappa shape index (κ2) is 16.2. The summed E-state index contributed by atoms with van der Waals surface area (Å²) in [7, 11) is -2.11. The van der Waals surface area contributed by atoms with Crippen molar-refractivity contribution in [2.24, 2.45) is 17.8 Å². The van der Waals surface area contributed by atoms with Gasteiger partial charge in [0.05, 0.1) is 31.3 Å². The maximum atomic E-state index is 11.7. The van der Waals surface area contributed by atoms with E-state index in [-0.39, 0.29) is 29.8 Å². The second-order valence-corrected chi connectivity index (χ2v) is 20.7. The maximum absolute atomic E-state index is 11.7. The Hall–Kier alpha value is -0.773. The molecule has 6 atom stereocenters. The Morgan fingerprint density at radius 1 is 1.12 bits per heavy atom. The maximum Gasteiger partial charge on any atom is 0.305 e. The highest BCUT2D eigenvalue weighted by Gasteiger charge is 2.49. The largest absolute Gasteiger partial charge is 0.481 e. The fourth-order valence-electron chi connectivity index (χ4n) is 6.57. The SMILES string of the molecule is CC(C)[C@@H]1CC[C@@H](C)C[C@@]12OCC[C@@H](C[C@H](CCCc1ccc(Br)cc1)OCC[C@H](CC(=O)O)O[Si](C)(C)C(C)(C)C)O2. The Bertz CT molecular complexity index is 993. The predicted octanol–water partition coefficient (Wildman–Crippen LogP) is 9.40. The van der Waals surface area contributed by atoms with Gasteiger partial charge in [0, 0.05) is 23.4 Å². The average Bonchev–Trinajstić information content (AvgIpc) is 2.88. The number of hydrogen-bond acceptors (Lipinski definition) is 5. The molecule has 1 aromatic carbocycles. The zero-order valence-electron chi connectivity index (χ0n) is 28.1. The molecule has 1 aliphatic heterocycles. The lowest BCUT2D eigenvalue weighted by atomic mass is 9.72. The number of halogens is 1. The molecule has 1 aromatic rings. The quantitative estimate of drug-likeness (QED) is 0.186. The molecule has 0 aromatic heterocycles. The fraction of sp³-hybridized carbons (Fsp3) is 0.800. The van der Waals surface area contributed by atoms with Gasteiger partial charge in [-0.3, -0.25) is 4.79 Å². The molecule has 6 nitrogen and oxygen atoms in total. The molecule has 1 spiro atoms. The lowest BCUT2D eigenvalue weighted by molar-refractivity contribution is -0.341. The van der Waals surface area contributed by atoms with E-state index in [0.717, 1.165) is 56.0 Å². The Kier molecular flexibility index (Phi) is 13.8. The van der Waals surface area contributed by atoms with Gasteiger partial charge in [-0.05, 0) is 92.6 Å². The topological polar surface area (TPSA) is 74.2 Å². The van der Waals surface area contributed by atoms with Crippen LogP contribution in [0.4, 0.5) is 0 Å². The van der Waals surface area contributed by atoms with Gasteiger partial charge in [0.2, 0.25) is 0 Å². The van der Waals surface area contributed by atoms with Crippen LogP contribution in [0.25, 0.3) is 0 Å². The molecule has 0 amide bonds. The molecule has 0 radical (unpaired) electrons. The Balaban J connectivity index is 1.68. The van der Waals surface area contributed by atoms with Crippen LogP contribution in [-0.4, -0.2) is 56.7 Å². The number of carboxylic acid groups (broad SMARTS) is 1. The summed E-state index contributed by atoms with van der Waals surface area (Å²) in [6.45, 7) is 19.1. The first-order chi connectivity index (χ1) is 20.1. The molecule has 2 fully saturated rings. The van der Waals surface area contributed by atoms with Crippen LogP contribution >= 0.6 is 15.9 Å². The van der Waals surface area contributed by atoms with E-state index < -0.39 is 20.1 Å². The molecule has 1 N–H and O–H groups in total. The molecule has 8 heteroatoms. The molecule has 1 saturated carbocycles. The molecule has 1 saturated heterocycles. The highest BCUT2D eigenvalue weighted by molar-refractivity contribution is 9.10. The van der Waals surface area contributed by atoms with Crippen LogP contribution in [0.2, 0.25) is 18.1 Å². The molecule has 0 bridgehead atoms. The summed E-state index contributed by atoms with van der Waals surface area (Å²) in [5.74, 6) is 0.208. The molecule has 43 heavy (non-hydrogen) atoms. The summed E-state index contributed by atoms with van der Waals surface area (Å²) in [6.07, 6.45) is 8.36. The van der Waals surface area contributed by atoms with Gasteiger partial charge in [0.1, 0.15) is 0 Å². The number of aliphatic carboxylic acids is 1. The van der Waals surface area contributed by atoms with Gasteiger partial charge >= 0.3 is 5.97 Å². The van der Waals surface area contributed by atoms with Gasteiger partial charge in [0.15, 0.2) is 14.1 Å². The smallest absolute Gasteiger partial charge is 0.305 e. The third-order valence-corrected chi connectivity index (χ3v) is 15.1.